The molecule has 0 bridgehead atoms. The second kappa shape index (κ2) is 5.14. The summed E-state index contributed by atoms with van der Waals surface area (Å²) in [6.07, 6.45) is 0.0504. The van der Waals surface area contributed by atoms with Crippen LogP contribution < -0.4 is 5.73 Å². The zero-order valence-corrected chi connectivity index (χ0v) is 10.8. The number of aryl methyl sites for hydroxylation is 1. The Hall–Kier alpha value is -1.95. The summed E-state index contributed by atoms with van der Waals surface area (Å²) in [5.41, 5.74) is 8.55. The monoisotopic (exact) mass is 247 g/mol. The highest BCUT2D eigenvalue weighted by atomic mass is 16.5. The molecule has 1 atom stereocenters. The molecule has 0 amide bonds. The maximum atomic E-state index is 5.84. The van der Waals surface area contributed by atoms with Crippen LogP contribution in [0, 0.1) is 6.92 Å². The Labute approximate surface area is 106 Å². The van der Waals surface area contributed by atoms with Crippen molar-refractivity contribution in [1.29, 1.82) is 0 Å². The van der Waals surface area contributed by atoms with Crippen LogP contribution in [0.4, 0.5) is 5.69 Å². The fourth-order valence-corrected chi connectivity index (χ4v) is 1.79. The summed E-state index contributed by atoms with van der Waals surface area (Å²) in [7, 11) is 1.67. The first-order chi connectivity index (χ1) is 8.60. The second-order valence-corrected chi connectivity index (χ2v) is 4.36. The molecule has 0 spiro atoms. The van der Waals surface area contributed by atoms with E-state index in [4.69, 9.17) is 10.5 Å². The number of benzene rings is 1. The van der Waals surface area contributed by atoms with Crippen molar-refractivity contribution in [3.05, 3.63) is 23.8 Å². The molecule has 0 saturated carbocycles. The van der Waals surface area contributed by atoms with Gasteiger partial charge in [-0.25, -0.2) is 4.68 Å². The van der Waals surface area contributed by atoms with E-state index < -0.39 is 0 Å². The van der Waals surface area contributed by atoms with Crippen LogP contribution in [-0.4, -0.2) is 33.4 Å². The topological polar surface area (TPSA) is 78.8 Å². The molecule has 6 heteroatoms. The van der Waals surface area contributed by atoms with E-state index in [-0.39, 0.29) is 6.10 Å². The average molecular weight is 247 g/mol. The lowest BCUT2D eigenvalue weighted by Crippen LogP contribution is -2.16. The fourth-order valence-electron chi connectivity index (χ4n) is 1.79. The maximum absolute atomic E-state index is 5.84. The van der Waals surface area contributed by atoms with Gasteiger partial charge in [-0.3, -0.25) is 0 Å². The number of ether oxygens (including phenoxy) is 1. The Kier molecular flexibility index (Phi) is 3.57. The normalized spacial score (nSPS) is 12.6. The van der Waals surface area contributed by atoms with Gasteiger partial charge in [0.15, 0.2) is 5.82 Å². The Morgan fingerprint density at radius 1 is 1.39 bits per heavy atom. The second-order valence-electron chi connectivity index (χ2n) is 4.36. The van der Waals surface area contributed by atoms with Gasteiger partial charge in [-0.15, -0.1) is 5.10 Å². The first-order valence-corrected chi connectivity index (χ1v) is 5.76. The predicted molar refractivity (Wildman–Crippen MR) is 68.9 cm³/mol. The number of nitrogen functional groups attached to an aromatic ring is 1. The van der Waals surface area contributed by atoms with Crippen LogP contribution in [-0.2, 0) is 11.3 Å². The molecule has 96 valence electrons. The lowest BCUT2D eigenvalue weighted by Gasteiger charge is -2.10. The molecule has 2 rings (SSSR count). The number of methoxy groups -OCH3 is 1. The standard InChI is InChI=1S/C12H17N5O/c1-8-4-10(6-11(13)5-8)12-14-15-16-17(12)7-9(2)18-3/h4-6,9H,7,13H2,1-3H3. The molecule has 1 aromatic carbocycles. The highest BCUT2D eigenvalue weighted by molar-refractivity contribution is 5.62. The minimum Gasteiger partial charge on any atom is -0.399 e. The van der Waals surface area contributed by atoms with Crippen LogP contribution in [0.5, 0.6) is 0 Å². The van der Waals surface area contributed by atoms with E-state index in [1.807, 2.05) is 32.0 Å². The summed E-state index contributed by atoms with van der Waals surface area (Å²) in [5.74, 6) is 0.703. The number of hydrogen-bond acceptors (Lipinski definition) is 5. The van der Waals surface area contributed by atoms with E-state index in [9.17, 15) is 0 Å². The van der Waals surface area contributed by atoms with Crippen molar-refractivity contribution in [2.24, 2.45) is 0 Å². The average Bonchev–Trinajstić information content (AvgIpc) is 2.75. The molecular formula is C12H17N5O. The molecule has 1 aromatic heterocycles. The molecule has 1 heterocycles. The first kappa shape index (κ1) is 12.5. The van der Waals surface area contributed by atoms with Gasteiger partial charge in [0, 0.05) is 18.4 Å². The van der Waals surface area contributed by atoms with Crippen molar-refractivity contribution >= 4 is 5.69 Å². The van der Waals surface area contributed by atoms with Gasteiger partial charge in [-0.1, -0.05) is 0 Å². The summed E-state index contributed by atoms with van der Waals surface area (Å²) in [6, 6.07) is 5.79. The Balaban J connectivity index is 2.36. The summed E-state index contributed by atoms with van der Waals surface area (Å²) < 4.78 is 6.95. The van der Waals surface area contributed by atoms with Gasteiger partial charge in [0.1, 0.15) is 0 Å². The number of nitrogens with zero attached hydrogens (tertiary/aromatic N) is 4. The van der Waals surface area contributed by atoms with Crippen LogP contribution >= 0.6 is 0 Å². The summed E-state index contributed by atoms with van der Waals surface area (Å²) >= 11 is 0. The molecule has 18 heavy (non-hydrogen) atoms. The number of aromatic nitrogens is 4. The molecule has 2 aromatic rings. The third-order valence-corrected chi connectivity index (χ3v) is 2.72. The fraction of sp³-hybridized carbons (Fsp3) is 0.417. The van der Waals surface area contributed by atoms with Crippen LogP contribution in [0.3, 0.4) is 0 Å². The van der Waals surface area contributed by atoms with Crippen molar-refractivity contribution in [3.63, 3.8) is 0 Å². The third-order valence-electron chi connectivity index (χ3n) is 2.72. The van der Waals surface area contributed by atoms with Gasteiger partial charge >= 0.3 is 0 Å². The van der Waals surface area contributed by atoms with E-state index in [1.54, 1.807) is 11.8 Å². The number of nitrogens with two attached hydrogens (primary N) is 1. The van der Waals surface area contributed by atoms with Crippen LogP contribution in [0.25, 0.3) is 11.4 Å². The number of anilines is 1. The van der Waals surface area contributed by atoms with E-state index in [1.165, 1.54) is 0 Å². The highest BCUT2D eigenvalue weighted by Crippen LogP contribution is 2.21. The highest BCUT2D eigenvalue weighted by Gasteiger charge is 2.12. The van der Waals surface area contributed by atoms with Crippen LogP contribution in [0.2, 0.25) is 0 Å². The Morgan fingerprint density at radius 2 is 2.17 bits per heavy atom. The van der Waals surface area contributed by atoms with Gasteiger partial charge < -0.3 is 10.5 Å². The zero-order chi connectivity index (χ0) is 13.1. The lowest BCUT2D eigenvalue weighted by molar-refractivity contribution is 0.0997. The molecule has 0 radical (unpaired) electrons. The van der Waals surface area contributed by atoms with E-state index in [0.717, 1.165) is 11.1 Å². The Morgan fingerprint density at radius 3 is 2.83 bits per heavy atom. The lowest BCUT2D eigenvalue weighted by atomic mass is 10.1. The molecule has 0 aliphatic heterocycles. The SMILES string of the molecule is COC(C)Cn1nnnc1-c1cc(C)cc(N)c1. The largest absolute Gasteiger partial charge is 0.399 e. The minimum absolute atomic E-state index is 0.0504. The van der Waals surface area contributed by atoms with Gasteiger partial charge in [0.05, 0.1) is 12.6 Å². The number of rotatable bonds is 4. The van der Waals surface area contributed by atoms with E-state index >= 15 is 0 Å². The van der Waals surface area contributed by atoms with Gasteiger partial charge in [-0.05, 0) is 48.0 Å². The molecule has 0 aliphatic rings. The summed E-state index contributed by atoms with van der Waals surface area (Å²) in [5, 5.41) is 11.7. The van der Waals surface area contributed by atoms with E-state index in [0.29, 0.717) is 18.1 Å². The molecule has 0 saturated heterocycles. The van der Waals surface area contributed by atoms with Crippen LogP contribution in [0.1, 0.15) is 12.5 Å². The predicted octanol–water partition coefficient (Wildman–Crippen LogP) is 1.27. The minimum atomic E-state index is 0.0504. The molecule has 6 nitrogen and oxygen atoms in total. The number of hydrogen-bond donors (Lipinski definition) is 1. The molecule has 0 aliphatic carbocycles. The Bertz CT molecular complexity index is 517. The van der Waals surface area contributed by atoms with Crippen molar-refractivity contribution in [3.8, 4) is 11.4 Å². The van der Waals surface area contributed by atoms with Crippen molar-refractivity contribution in [2.75, 3.05) is 12.8 Å². The third kappa shape index (κ3) is 2.65. The smallest absolute Gasteiger partial charge is 0.182 e. The molecular weight excluding hydrogens is 230 g/mol. The van der Waals surface area contributed by atoms with E-state index in [2.05, 4.69) is 15.5 Å². The van der Waals surface area contributed by atoms with Crippen LogP contribution in [0.15, 0.2) is 18.2 Å². The van der Waals surface area contributed by atoms with Crippen molar-refractivity contribution < 1.29 is 4.74 Å². The molecule has 1 unspecified atom stereocenters. The van der Waals surface area contributed by atoms with Crippen molar-refractivity contribution in [2.45, 2.75) is 26.5 Å². The molecule has 2 N–H and O–H groups in total. The van der Waals surface area contributed by atoms with Crippen molar-refractivity contribution in [1.82, 2.24) is 20.2 Å². The van der Waals surface area contributed by atoms with Gasteiger partial charge in [0.2, 0.25) is 0 Å². The molecule has 0 fully saturated rings. The van der Waals surface area contributed by atoms with Gasteiger partial charge in [-0.2, -0.15) is 0 Å². The summed E-state index contributed by atoms with van der Waals surface area (Å²) in [6.45, 7) is 4.56. The first-order valence-electron chi connectivity index (χ1n) is 5.76. The van der Waals surface area contributed by atoms with Gasteiger partial charge in [0.25, 0.3) is 0 Å². The quantitative estimate of drug-likeness (QED) is 0.823. The summed E-state index contributed by atoms with van der Waals surface area (Å²) in [4.78, 5) is 0. The zero-order valence-electron chi connectivity index (χ0n) is 10.8. The number of tetrazole rings is 1. The maximum Gasteiger partial charge on any atom is 0.182 e.